The third kappa shape index (κ3) is 3.38. The Kier molecular flexibility index (Phi) is 4.76. The molecule has 0 bridgehead atoms. The van der Waals surface area contributed by atoms with Crippen LogP contribution in [0.5, 0.6) is 0 Å². The second-order valence-electron chi connectivity index (χ2n) is 6.39. The topological polar surface area (TPSA) is 35.6 Å². The fourth-order valence-corrected chi connectivity index (χ4v) is 3.71. The highest BCUT2D eigenvalue weighted by Gasteiger charge is 2.29. The van der Waals surface area contributed by atoms with Gasteiger partial charge >= 0.3 is 0 Å². The largest absolute Gasteiger partial charge is 0.339 e. The molecule has 21 heavy (non-hydrogen) atoms. The Morgan fingerprint density at radius 3 is 2.43 bits per heavy atom. The summed E-state index contributed by atoms with van der Waals surface area (Å²) in [5.74, 6) is 0.252. The summed E-state index contributed by atoms with van der Waals surface area (Å²) in [6.07, 6.45) is 8.66. The van der Waals surface area contributed by atoms with Gasteiger partial charge in [-0.25, -0.2) is 0 Å². The van der Waals surface area contributed by atoms with Gasteiger partial charge in [-0.3, -0.25) is 9.69 Å². The Labute approximate surface area is 127 Å². The lowest BCUT2D eigenvalue weighted by Crippen LogP contribution is -2.52. The van der Waals surface area contributed by atoms with E-state index in [1.807, 2.05) is 0 Å². The zero-order valence-corrected chi connectivity index (χ0v) is 13.1. The van der Waals surface area contributed by atoms with Gasteiger partial charge in [0.05, 0.1) is 0 Å². The number of carbonyl (C=O) groups is 1. The van der Waals surface area contributed by atoms with Crippen molar-refractivity contribution >= 4 is 5.91 Å². The number of nitrogens with one attached hydrogen (secondary N) is 1. The molecule has 0 atom stereocenters. The van der Waals surface area contributed by atoms with Crippen molar-refractivity contribution in [3.05, 3.63) is 23.3 Å². The summed E-state index contributed by atoms with van der Waals surface area (Å²) >= 11 is 0. The van der Waals surface area contributed by atoms with Crippen LogP contribution in [-0.4, -0.2) is 61.0 Å². The van der Waals surface area contributed by atoms with Gasteiger partial charge < -0.3 is 10.2 Å². The van der Waals surface area contributed by atoms with Crippen LogP contribution in [0.4, 0.5) is 0 Å². The third-order valence-corrected chi connectivity index (χ3v) is 5.04. The minimum absolute atomic E-state index is 0.252. The van der Waals surface area contributed by atoms with Crippen LogP contribution >= 0.6 is 0 Å². The predicted octanol–water partition coefficient (Wildman–Crippen LogP) is 1.55. The molecule has 4 heteroatoms. The van der Waals surface area contributed by atoms with Crippen molar-refractivity contribution in [1.82, 2.24) is 15.1 Å². The number of carbonyl (C=O) groups excluding carboxylic acids is 1. The van der Waals surface area contributed by atoms with Crippen molar-refractivity contribution in [2.24, 2.45) is 0 Å². The molecule has 3 aliphatic rings. The van der Waals surface area contributed by atoms with E-state index in [2.05, 4.69) is 34.2 Å². The van der Waals surface area contributed by atoms with Crippen molar-refractivity contribution in [3.8, 4) is 0 Å². The first-order valence-corrected chi connectivity index (χ1v) is 8.37. The van der Waals surface area contributed by atoms with Gasteiger partial charge in [0.2, 0.25) is 0 Å². The monoisotopic (exact) mass is 289 g/mol. The lowest BCUT2D eigenvalue weighted by Gasteiger charge is -2.40. The van der Waals surface area contributed by atoms with Crippen LogP contribution in [0.2, 0.25) is 0 Å². The number of likely N-dealkylation sites (tertiary alicyclic amines) is 1. The molecule has 0 unspecified atom stereocenters. The molecule has 0 aromatic carbocycles. The van der Waals surface area contributed by atoms with Crippen LogP contribution in [0.25, 0.3) is 0 Å². The Balaban J connectivity index is 1.54. The molecule has 0 saturated carbocycles. The van der Waals surface area contributed by atoms with E-state index in [9.17, 15) is 4.79 Å². The minimum atomic E-state index is 0.252. The molecule has 3 rings (SSSR count). The molecule has 1 amide bonds. The molecule has 4 nitrogen and oxygen atoms in total. The summed E-state index contributed by atoms with van der Waals surface area (Å²) in [4.78, 5) is 17.3. The molecule has 2 heterocycles. The van der Waals surface area contributed by atoms with Gasteiger partial charge in [-0.15, -0.1) is 0 Å². The SMILES string of the molecule is CC1=CCCC=C1C(=O)N1CCC(N2CCNCC2)CC1. The molecule has 2 saturated heterocycles. The number of hydrogen-bond acceptors (Lipinski definition) is 3. The van der Waals surface area contributed by atoms with Crippen LogP contribution in [0.1, 0.15) is 32.6 Å². The van der Waals surface area contributed by atoms with Crippen LogP contribution < -0.4 is 5.32 Å². The normalized spacial score (nSPS) is 25.5. The van der Waals surface area contributed by atoms with Crippen molar-refractivity contribution in [2.45, 2.75) is 38.6 Å². The van der Waals surface area contributed by atoms with E-state index in [1.54, 1.807) is 0 Å². The number of amides is 1. The molecule has 116 valence electrons. The van der Waals surface area contributed by atoms with Gasteiger partial charge in [-0.05, 0) is 38.2 Å². The van der Waals surface area contributed by atoms with Crippen molar-refractivity contribution in [1.29, 1.82) is 0 Å². The highest BCUT2D eigenvalue weighted by Crippen LogP contribution is 2.23. The minimum Gasteiger partial charge on any atom is -0.339 e. The van der Waals surface area contributed by atoms with E-state index in [-0.39, 0.29) is 5.91 Å². The van der Waals surface area contributed by atoms with Gasteiger partial charge in [-0.1, -0.05) is 12.2 Å². The van der Waals surface area contributed by atoms with Crippen molar-refractivity contribution in [2.75, 3.05) is 39.3 Å². The van der Waals surface area contributed by atoms with Crippen LogP contribution in [0.3, 0.4) is 0 Å². The second kappa shape index (κ2) is 6.75. The highest BCUT2D eigenvalue weighted by molar-refractivity contribution is 5.97. The zero-order chi connectivity index (χ0) is 14.7. The van der Waals surface area contributed by atoms with Crippen LogP contribution in [-0.2, 0) is 4.79 Å². The first-order valence-electron chi connectivity index (χ1n) is 8.37. The molecule has 1 N–H and O–H groups in total. The summed E-state index contributed by atoms with van der Waals surface area (Å²) in [5, 5.41) is 3.41. The molecule has 2 aliphatic heterocycles. The zero-order valence-electron chi connectivity index (χ0n) is 13.1. The molecule has 0 aromatic rings. The molecular formula is C17H27N3O. The average Bonchev–Trinajstić information content (AvgIpc) is 2.56. The summed E-state index contributed by atoms with van der Waals surface area (Å²) in [5.41, 5.74) is 2.11. The van der Waals surface area contributed by atoms with E-state index in [0.29, 0.717) is 6.04 Å². The van der Waals surface area contributed by atoms with Gasteiger partial charge in [0.15, 0.2) is 0 Å². The quantitative estimate of drug-likeness (QED) is 0.838. The second-order valence-corrected chi connectivity index (χ2v) is 6.39. The Bertz CT molecular complexity index is 441. The number of nitrogens with zero attached hydrogens (tertiary/aromatic N) is 2. The smallest absolute Gasteiger partial charge is 0.253 e. The average molecular weight is 289 g/mol. The number of piperidine rings is 1. The molecular weight excluding hydrogens is 262 g/mol. The van der Waals surface area contributed by atoms with E-state index in [4.69, 9.17) is 0 Å². The number of allylic oxidation sites excluding steroid dienone is 2. The predicted molar refractivity (Wildman–Crippen MR) is 85.1 cm³/mol. The highest BCUT2D eigenvalue weighted by atomic mass is 16.2. The van der Waals surface area contributed by atoms with E-state index < -0.39 is 0 Å². The summed E-state index contributed by atoms with van der Waals surface area (Å²) in [7, 11) is 0. The summed E-state index contributed by atoms with van der Waals surface area (Å²) in [6.45, 7) is 8.43. The fourth-order valence-electron chi connectivity index (χ4n) is 3.71. The third-order valence-electron chi connectivity index (χ3n) is 5.04. The number of rotatable bonds is 2. The van der Waals surface area contributed by atoms with Gasteiger partial charge in [0.25, 0.3) is 5.91 Å². The van der Waals surface area contributed by atoms with Gasteiger partial charge in [0.1, 0.15) is 0 Å². The molecule has 2 fully saturated rings. The number of piperazine rings is 1. The van der Waals surface area contributed by atoms with Gasteiger partial charge in [-0.2, -0.15) is 0 Å². The molecule has 0 radical (unpaired) electrons. The first kappa shape index (κ1) is 14.8. The van der Waals surface area contributed by atoms with E-state index in [0.717, 1.165) is 76.1 Å². The van der Waals surface area contributed by atoms with E-state index >= 15 is 0 Å². The Morgan fingerprint density at radius 2 is 1.76 bits per heavy atom. The molecule has 1 aliphatic carbocycles. The van der Waals surface area contributed by atoms with Gasteiger partial charge in [0, 0.05) is 50.9 Å². The maximum Gasteiger partial charge on any atom is 0.253 e. The lowest BCUT2D eigenvalue weighted by molar-refractivity contribution is -0.128. The Hall–Kier alpha value is -1.13. The van der Waals surface area contributed by atoms with E-state index in [1.165, 1.54) is 0 Å². The maximum atomic E-state index is 12.6. The standard InChI is InChI=1S/C17H27N3O/c1-14-4-2-3-5-16(14)17(21)20-10-6-15(7-11-20)19-12-8-18-9-13-19/h4-5,15,18H,2-3,6-13H2,1H3. The van der Waals surface area contributed by atoms with Crippen LogP contribution in [0, 0.1) is 0 Å². The first-order chi connectivity index (χ1) is 10.3. The Morgan fingerprint density at radius 1 is 1.10 bits per heavy atom. The molecule has 0 aromatic heterocycles. The van der Waals surface area contributed by atoms with Crippen molar-refractivity contribution < 1.29 is 4.79 Å². The van der Waals surface area contributed by atoms with Crippen molar-refractivity contribution in [3.63, 3.8) is 0 Å². The van der Waals surface area contributed by atoms with Crippen LogP contribution in [0.15, 0.2) is 23.3 Å². The molecule has 0 spiro atoms. The summed E-state index contributed by atoms with van der Waals surface area (Å²) in [6, 6.07) is 0.674. The summed E-state index contributed by atoms with van der Waals surface area (Å²) < 4.78 is 0. The fraction of sp³-hybridized carbons (Fsp3) is 0.706. The lowest BCUT2D eigenvalue weighted by atomic mass is 9.96. The number of hydrogen-bond donors (Lipinski definition) is 1. The maximum absolute atomic E-state index is 12.6.